The van der Waals surface area contributed by atoms with Crippen LogP contribution >= 0.6 is 0 Å². The van der Waals surface area contributed by atoms with Crippen molar-refractivity contribution in [1.29, 1.82) is 0 Å². The highest BCUT2D eigenvalue weighted by molar-refractivity contribution is 5.18. The van der Waals surface area contributed by atoms with Crippen molar-refractivity contribution in [2.45, 2.75) is 6.54 Å². The van der Waals surface area contributed by atoms with Gasteiger partial charge in [-0.05, 0) is 17.9 Å². The molecule has 2 saturated heterocycles. The lowest BCUT2D eigenvalue weighted by Crippen LogP contribution is -2.41. The Bertz CT molecular complexity index is 523. The number of ether oxygens (including phenoxy) is 1. The fourth-order valence-corrected chi connectivity index (χ4v) is 3.58. The molecule has 0 aromatic heterocycles. The minimum absolute atomic E-state index is 0.150. The molecule has 0 amide bonds. The number of benzene rings is 1. The van der Waals surface area contributed by atoms with Crippen LogP contribution in [0.15, 0.2) is 18.2 Å². The third-order valence-electron chi connectivity index (χ3n) is 4.89. The molecule has 0 saturated carbocycles. The molecule has 2 fully saturated rings. The normalized spacial score (nSPS) is 26.7. The first-order chi connectivity index (χ1) is 11.2. The number of aliphatic hydroxyl groups is 1. The van der Waals surface area contributed by atoms with E-state index in [4.69, 9.17) is 4.74 Å². The molecule has 0 spiro atoms. The number of aliphatic hydroxyl groups excluding tert-OH is 1. The minimum atomic E-state index is -0.550. The number of nitrogens with zero attached hydrogens (tertiary/aromatic N) is 2. The molecule has 4 nitrogen and oxygen atoms in total. The summed E-state index contributed by atoms with van der Waals surface area (Å²) in [5, 5.41) is 9.65. The molecular weight excluding hydrogens is 302 g/mol. The molecule has 0 aliphatic carbocycles. The van der Waals surface area contributed by atoms with Crippen LogP contribution in [-0.4, -0.2) is 67.5 Å². The van der Waals surface area contributed by atoms with Crippen LogP contribution in [0.25, 0.3) is 0 Å². The van der Waals surface area contributed by atoms with Crippen molar-refractivity contribution in [1.82, 2.24) is 9.80 Å². The second kappa shape index (κ2) is 7.66. The van der Waals surface area contributed by atoms with E-state index in [-0.39, 0.29) is 12.5 Å². The molecule has 1 aromatic carbocycles. The first-order valence-corrected chi connectivity index (χ1v) is 8.23. The van der Waals surface area contributed by atoms with Gasteiger partial charge in [-0.25, -0.2) is 8.78 Å². The summed E-state index contributed by atoms with van der Waals surface area (Å²) in [6.45, 7) is 6.53. The Kier molecular flexibility index (Phi) is 5.58. The van der Waals surface area contributed by atoms with Crippen LogP contribution < -0.4 is 0 Å². The van der Waals surface area contributed by atoms with Gasteiger partial charge in [0.15, 0.2) is 0 Å². The predicted octanol–water partition coefficient (Wildman–Crippen LogP) is 1.34. The van der Waals surface area contributed by atoms with Crippen molar-refractivity contribution in [2.75, 3.05) is 52.5 Å². The molecule has 2 aliphatic rings. The summed E-state index contributed by atoms with van der Waals surface area (Å²) >= 11 is 0. The molecule has 128 valence electrons. The van der Waals surface area contributed by atoms with Gasteiger partial charge >= 0.3 is 0 Å². The van der Waals surface area contributed by atoms with Crippen molar-refractivity contribution in [3.8, 4) is 0 Å². The number of hydrogen-bond donors (Lipinski definition) is 1. The van der Waals surface area contributed by atoms with Crippen LogP contribution in [0, 0.1) is 23.5 Å². The van der Waals surface area contributed by atoms with Gasteiger partial charge in [0.1, 0.15) is 11.6 Å². The van der Waals surface area contributed by atoms with E-state index >= 15 is 0 Å². The van der Waals surface area contributed by atoms with Crippen molar-refractivity contribution in [3.05, 3.63) is 35.4 Å². The summed E-state index contributed by atoms with van der Waals surface area (Å²) in [6.07, 6.45) is 0. The quantitative estimate of drug-likeness (QED) is 0.886. The fraction of sp³-hybridized carbons (Fsp3) is 0.647. The second-order valence-electron chi connectivity index (χ2n) is 6.55. The Morgan fingerprint density at radius 3 is 2.52 bits per heavy atom. The zero-order chi connectivity index (χ0) is 16.2. The first-order valence-electron chi connectivity index (χ1n) is 8.23. The maximum absolute atomic E-state index is 13.8. The van der Waals surface area contributed by atoms with Crippen LogP contribution in [-0.2, 0) is 11.3 Å². The average molecular weight is 326 g/mol. The lowest BCUT2D eigenvalue weighted by molar-refractivity contribution is 0.0264. The van der Waals surface area contributed by atoms with Gasteiger partial charge in [-0.3, -0.25) is 9.80 Å². The molecule has 2 heterocycles. The maximum atomic E-state index is 13.8. The molecule has 6 heteroatoms. The molecule has 2 aliphatic heterocycles. The Morgan fingerprint density at radius 1 is 1.09 bits per heavy atom. The zero-order valence-corrected chi connectivity index (χ0v) is 13.3. The highest BCUT2D eigenvalue weighted by atomic mass is 19.1. The lowest BCUT2D eigenvalue weighted by Gasteiger charge is -2.30. The molecule has 2 atom stereocenters. The van der Waals surface area contributed by atoms with E-state index in [2.05, 4.69) is 9.80 Å². The van der Waals surface area contributed by atoms with Gasteiger partial charge in [-0.15, -0.1) is 0 Å². The van der Waals surface area contributed by atoms with E-state index in [0.717, 1.165) is 52.0 Å². The Morgan fingerprint density at radius 2 is 1.83 bits per heavy atom. The monoisotopic (exact) mass is 326 g/mol. The molecular formula is C17H24F2N2O2. The van der Waals surface area contributed by atoms with E-state index in [1.807, 2.05) is 0 Å². The smallest absolute Gasteiger partial charge is 0.130 e. The topological polar surface area (TPSA) is 35.9 Å². The van der Waals surface area contributed by atoms with Gasteiger partial charge in [0, 0.05) is 57.5 Å². The largest absolute Gasteiger partial charge is 0.396 e. The minimum Gasteiger partial charge on any atom is -0.396 e. The number of likely N-dealkylation sites (tertiary alicyclic amines) is 1. The predicted molar refractivity (Wildman–Crippen MR) is 83.0 cm³/mol. The highest BCUT2D eigenvalue weighted by Gasteiger charge is 2.33. The molecule has 0 radical (unpaired) electrons. The highest BCUT2D eigenvalue weighted by Crippen LogP contribution is 2.26. The summed E-state index contributed by atoms with van der Waals surface area (Å²) in [6, 6.07) is 3.73. The van der Waals surface area contributed by atoms with Crippen LogP contribution in [0.2, 0.25) is 0 Å². The first kappa shape index (κ1) is 16.8. The standard InChI is InChI=1S/C17H24F2N2O2/c18-16-2-1-13(17(19)7-16)8-21-10-14(15(11-21)12-22)9-20-3-5-23-6-4-20/h1-2,7,14-15,22H,3-6,8-12H2/t14-,15-/m0/s1. The lowest BCUT2D eigenvalue weighted by atomic mass is 9.96. The van der Waals surface area contributed by atoms with Crippen LogP contribution in [0.4, 0.5) is 8.78 Å². The SMILES string of the molecule is OC[C@@H]1CN(Cc2ccc(F)cc2F)C[C@@H]1CN1CCOCC1. The summed E-state index contributed by atoms with van der Waals surface area (Å²) in [4.78, 5) is 4.53. The molecule has 0 unspecified atom stereocenters. The second-order valence-corrected chi connectivity index (χ2v) is 6.55. The Labute approximate surface area is 135 Å². The van der Waals surface area contributed by atoms with E-state index in [0.29, 0.717) is 18.0 Å². The van der Waals surface area contributed by atoms with Crippen LogP contribution in [0.1, 0.15) is 5.56 Å². The van der Waals surface area contributed by atoms with Gasteiger partial charge in [-0.1, -0.05) is 6.07 Å². The maximum Gasteiger partial charge on any atom is 0.130 e. The molecule has 3 rings (SSSR count). The fourth-order valence-electron chi connectivity index (χ4n) is 3.58. The third-order valence-corrected chi connectivity index (χ3v) is 4.89. The number of halogens is 2. The van der Waals surface area contributed by atoms with Gasteiger partial charge in [0.2, 0.25) is 0 Å². The molecule has 1 N–H and O–H groups in total. The third kappa shape index (κ3) is 4.26. The molecule has 1 aromatic rings. The van der Waals surface area contributed by atoms with Gasteiger partial charge in [0.25, 0.3) is 0 Å². The van der Waals surface area contributed by atoms with Gasteiger partial charge in [0.05, 0.1) is 13.2 Å². The number of morpholine rings is 1. The molecule has 0 bridgehead atoms. The van der Waals surface area contributed by atoms with Crippen molar-refractivity contribution in [2.24, 2.45) is 11.8 Å². The Hall–Kier alpha value is -1.08. The van der Waals surface area contributed by atoms with Crippen LogP contribution in [0.3, 0.4) is 0 Å². The van der Waals surface area contributed by atoms with Crippen LogP contribution in [0.5, 0.6) is 0 Å². The van der Waals surface area contributed by atoms with E-state index in [1.165, 1.54) is 12.1 Å². The van der Waals surface area contributed by atoms with E-state index in [9.17, 15) is 13.9 Å². The number of rotatable bonds is 5. The van der Waals surface area contributed by atoms with Crippen molar-refractivity contribution in [3.63, 3.8) is 0 Å². The summed E-state index contributed by atoms with van der Waals surface area (Å²) in [5.41, 5.74) is 0.509. The van der Waals surface area contributed by atoms with Gasteiger partial charge in [-0.2, -0.15) is 0 Å². The van der Waals surface area contributed by atoms with Crippen molar-refractivity contribution >= 4 is 0 Å². The van der Waals surface area contributed by atoms with E-state index < -0.39 is 11.6 Å². The Balaban J connectivity index is 1.59. The summed E-state index contributed by atoms with van der Waals surface area (Å²) in [5.74, 6) is -0.462. The average Bonchev–Trinajstić information content (AvgIpc) is 2.93. The summed E-state index contributed by atoms with van der Waals surface area (Å²) < 4.78 is 32.2. The van der Waals surface area contributed by atoms with E-state index in [1.54, 1.807) is 0 Å². The summed E-state index contributed by atoms with van der Waals surface area (Å²) in [7, 11) is 0. The zero-order valence-electron chi connectivity index (χ0n) is 13.3. The van der Waals surface area contributed by atoms with Crippen molar-refractivity contribution < 1.29 is 18.6 Å². The number of hydrogen-bond acceptors (Lipinski definition) is 4. The molecule has 23 heavy (non-hydrogen) atoms. The van der Waals surface area contributed by atoms with Gasteiger partial charge < -0.3 is 9.84 Å².